The lowest BCUT2D eigenvalue weighted by Gasteiger charge is -2.08. The molecule has 0 saturated heterocycles. The van der Waals surface area contributed by atoms with Crippen LogP contribution in [0.4, 0.5) is 21.0 Å². The SMILES string of the molecule is Cc1cccc(N)c1N.Cl.NC(=O)NN(Cl)C(N)=O. The maximum absolute atomic E-state index is 9.98. The summed E-state index contributed by atoms with van der Waals surface area (Å²) in [5.74, 6) is 0. The Hall–Kier alpha value is -2.06. The van der Waals surface area contributed by atoms with Crippen molar-refractivity contribution in [2.45, 2.75) is 6.92 Å². The van der Waals surface area contributed by atoms with Gasteiger partial charge in [0.15, 0.2) is 0 Å². The van der Waals surface area contributed by atoms with E-state index in [2.05, 4.69) is 11.5 Å². The number of nitrogens with two attached hydrogens (primary N) is 4. The van der Waals surface area contributed by atoms with Crippen LogP contribution in [0.3, 0.4) is 0 Å². The number of aryl methyl sites for hydroxylation is 1. The van der Waals surface area contributed by atoms with Gasteiger partial charge in [-0.1, -0.05) is 12.1 Å². The number of amides is 4. The zero-order valence-electron chi connectivity index (χ0n) is 10.1. The van der Waals surface area contributed by atoms with Crippen LogP contribution in [0, 0.1) is 6.92 Å². The predicted molar refractivity (Wildman–Crippen MR) is 77.2 cm³/mol. The van der Waals surface area contributed by atoms with Crippen molar-refractivity contribution in [3.05, 3.63) is 23.8 Å². The van der Waals surface area contributed by atoms with E-state index in [1.807, 2.05) is 19.1 Å². The average molecular weight is 311 g/mol. The minimum atomic E-state index is -1.00. The summed E-state index contributed by atoms with van der Waals surface area (Å²) in [7, 11) is 0. The number of anilines is 2. The number of carbonyl (C=O) groups is 2. The van der Waals surface area contributed by atoms with Crippen molar-refractivity contribution in [2.75, 3.05) is 11.5 Å². The van der Waals surface area contributed by atoms with Crippen molar-refractivity contribution in [1.29, 1.82) is 0 Å². The van der Waals surface area contributed by atoms with Crippen molar-refractivity contribution in [1.82, 2.24) is 9.95 Å². The Labute approximate surface area is 121 Å². The molecule has 10 heteroatoms. The molecule has 8 nitrogen and oxygen atoms in total. The van der Waals surface area contributed by atoms with Gasteiger partial charge in [0, 0.05) is 11.8 Å². The maximum atomic E-state index is 9.98. The Morgan fingerprint density at radius 2 is 1.79 bits per heavy atom. The smallest absolute Gasteiger partial charge is 0.349 e. The van der Waals surface area contributed by atoms with Gasteiger partial charge in [0.1, 0.15) is 0 Å². The van der Waals surface area contributed by atoms with Crippen LogP contribution < -0.4 is 28.4 Å². The van der Waals surface area contributed by atoms with Gasteiger partial charge in [-0.15, -0.1) is 16.9 Å². The number of rotatable bonds is 0. The number of para-hydroxylation sites is 1. The molecule has 0 aliphatic carbocycles. The Balaban J connectivity index is 0. The van der Waals surface area contributed by atoms with Gasteiger partial charge in [-0.2, -0.15) is 0 Å². The summed E-state index contributed by atoms with van der Waals surface area (Å²) in [4.78, 5) is 19.9. The fourth-order valence-electron chi connectivity index (χ4n) is 0.855. The highest BCUT2D eigenvalue weighted by atomic mass is 35.5. The van der Waals surface area contributed by atoms with E-state index >= 15 is 0 Å². The molecule has 0 bridgehead atoms. The molecule has 0 heterocycles. The van der Waals surface area contributed by atoms with Gasteiger partial charge in [0.05, 0.1) is 11.4 Å². The number of nitrogen functional groups attached to an aromatic ring is 2. The van der Waals surface area contributed by atoms with Crippen molar-refractivity contribution in [2.24, 2.45) is 11.5 Å². The van der Waals surface area contributed by atoms with Crippen LogP contribution in [0.25, 0.3) is 0 Å². The van der Waals surface area contributed by atoms with E-state index in [0.29, 0.717) is 11.4 Å². The molecule has 0 atom stereocenters. The van der Waals surface area contributed by atoms with Gasteiger partial charge >= 0.3 is 12.1 Å². The van der Waals surface area contributed by atoms with Crippen LogP contribution in [0.1, 0.15) is 5.56 Å². The highest BCUT2D eigenvalue weighted by molar-refractivity contribution is 6.21. The van der Waals surface area contributed by atoms with E-state index in [0.717, 1.165) is 5.56 Å². The van der Waals surface area contributed by atoms with Crippen LogP contribution in [-0.2, 0) is 0 Å². The lowest BCUT2D eigenvalue weighted by Crippen LogP contribution is -2.44. The first-order chi connectivity index (χ1) is 8.25. The van der Waals surface area contributed by atoms with E-state index in [4.69, 9.17) is 23.2 Å². The minimum absolute atomic E-state index is 0. The van der Waals surface area contributed by atoms with Crippen molar-refractivity contribution in [3.63, 3.8) is 0 Å². The van der Waals surface area contributed by atoms with Gasteiger partial charge in [-0.05, 0) is 18.6 Å². The molecule has 0 aliphatic rings. The van der Waals surface area contributed by atoms with Gasteiger partial charge < -0.3 is 22.9 Å². The molecule has 4 amide bonds. The van der Waals surface area contributed by atoms with E-state index in [1.165, 1.54) is 0 Å². The number of nitrogens with zero attached hydrogens (tertiary/aromatic N) is 1. The molecular formula is C9H16Cl2N6O2. The minimum Gasteiger partial charge on any atom is -0.397 e. The third-order valence-electron chi connectivity index (χ3n) is 1.76. The summed E-state index contributed by atoms with van der Waals surface area (Å²) in [6.45, 7) is 1.94. The lowest BCUT2D eigenvalue weighted by atomic mass is 10.2. The molecule has 9 N–H and O–H groups in total. The molecule has 1 aromatic rings. The number of halogens is 2. The summed E-state index contributed by atoms with van der Waals surface area (Å²) in [5, 5.41) is 0. The van der Waals surface area contributed by atoms with Crippen molar-refractivity contribution >= 4 is 47.6 Å². The second-order valence-corrected chi connectivity index (χ2v) is 3.51. The Kier molecular flexibility index (Phi) is 9.08. The van der Waals surface area contributed by atoms with Gasteiger partial charge in [-0.25, -0.2) is 15.0 Å². The van der Waals surface area contributed by atoms with E-state index in [-0.39, 0.29) is 16.9 Å². The van der Waals surface area contributed by atoms with Crippen LogP contribution in [0.15, 0.2) is 18.2 Å². The highest BCUT2D eigenvalue weighted by Gasteiger charge is 2.05. The zero-order chi connectivity index (χ0) is 14.3. The first-order valence-electron chi connectivity index (χ1n) is 4.67. The monoisotopic (exact) mass is 310 g/mol. The number of primary amides is 2. The molecule has 108 valence electrons. The fraction of sp³-hybridized carbons (Fsp3) is 0.111. The molecule has 0 fully saturated rings. The summed E-state index contributed by atoms with van der Waals surface area (Å²) in [6.07, 6.45) is 0. The number of carbonyl (C=O) groups excluding carboxylic acids is 2. The number of urea groups is 2. The molecule has 0 aliphatic heterocycles. The molecular weight excluding hydrogens is 295 g/mol. The third-order valence-corrected chi connectivity index (χ3v) is 2.01. The number of benzene rings is 1. The fourth-order valence-corrected chi connectivity index (χ4v) is 0.938. The van der Waals surface area contributed by atoms with Crippen LogP contribution in [0.2, 0.25) is 0 Å². The van der Waals surface area contributed by atoms with E-state index < -0.39 is 12.1 Å². The summed E-state index contributed by atoms with van der Waals surface area (Å²) < 4.78 is 0.252. The number of hydrogen-bond acceptors (Lipinski definition) is 4. The lowest BCUT2D eigenvalue weighted by molar-refractivity contribution is 0.212. The zero-order valence-corrected chi connectivity index (χ0v) is 11.7. The highest BCUT2D eigenvalue weighted by Crippen LogP contribution is 2.17. The topological polar surface area (TPSA) is 153 Å². The van der Waals surface area contributed by atoms with Crippen LogP contribution in [-0.4, -0.2) is 16.6 Å². The largest absolute Gasteiger partial charge is 0.397 e. The van der Waals surface area contributed by atoms with E-state index in [9.17, 15) is 9.59 Å². The molecule has 0 spiro atoms. The third kappa shape index (κ3) is 7.79. The maximum Gasteiger partial charge on any atom is 0.349 e. The molecule has 0 saturated carbocycles. The summed E-state index contributed by atoms with van der Waals surface area (Å²) in [6, 6.07) is 3.66. The first-order valence-corrected chi connectivity index (χ1v) is 5.01. The normalized spacial score (nSPS) is 8.32. The molecule has 1 aromatic carbocycles. The van der Waals surface area contributed by atoms with Gasteiger partial charge in [-0.3, -0.25) is 0 Å². The molecule has 0 radical (unpaired) electrons. The molecule has 0 aromatic heterocycles. The van der Waals surface area contributed by atoms with Crippen LogP contribution in [0.5, 0.6) is 0 Å². The van der Waals surface area contributed by atoms with Crippen LogP contribution >= 0.6 is 24.2 Å². The van der Waals surface area contributed by atoms with Crippen molar-refractivity contribution in [3.8, 4) is 0 Å². The first kappa shape index (κ1) is 19.3. The second-order valence-electron chi connectivity index (χ2n) is 3.17. The Bertz CT molecular complexity index is 422. The summed E-state index contributed by atoms with van der Waals surface area (Å²) >= 11 is 4.96. The Morgan fingerprint density at radius 3 is 2.05 bits per heavy atom. The van der Waals surface area contributed by atoms with Crippen molar-refractivity contribution < 1.29 is 9.59 Å². The number of nitrogens with one attached hydrogen (secondary N) is 1. The molecule has 0 unspecified atom stereocenters. The number of hydrogen-bond donors (Lipinski definition) is 5. The van der Waals surface area contributed by atoms with Gasteiger partial charge in [0.2, 0.25) is 0 Å². The average Bonchev–Trinajstić information content (AvgIpc) is 2.25. The van der Waals surface area contributed by atoms with Gasteiger partial charge in [0.25, 0.3) is 0 Å². The molecule has 19 heavy (non-hydrogen) atoms. The summed E-state index contributed by atoms with van der Waals surface area (Å²) in [5.41, 5.74) is 24.3. The van der Waals surface area contributed by atoms with E-state index in [1.54, 1.807) is 11.5 Å². The quantitative estimate of drug-likeness (QED) is 0.271. The predicted octanol–water partition coefficient (Wildman–Crippen LogP) is 0.685. The molecule has 1 rings (SSSR count). The number of hydrazine groups is 1. The Morgan fingerprint density at radius 1 is 1.26 bits per heavy atom. The standard InChI is InChI=1S/C7H10N2.C2H5ClN4O2.ClH/c1-5-3-2-4-6(8)7(5)9;3-7(2(5)9)6-1(4)8;/h2-4H,8-9H2,1H3;(H2,5,9)(H3,4,6,8);1H. The second kappa shape index (κ2) is 8.95.